The minimum Gasteiger partial charge on any atom is -0.349 e. The van der Waals surface area contributed by atoms with Crippen LogP contribution < -0.4 is 0 Å². The summed E-state index contributed by atoms with van der Waals surface area (Å²) in [6.07, 6.45) is -1.17. The number of fused-ring (bicyclic) bond motifs is 3. The van der Waals surface area contributed by atoms with Gasteiger partial charge in [-0.15, -0.1) is 0 Å². The predicted molar refractivity (Wildman–Crippen MR) is 73.5 cm³/mol. The van der Waals surface area contributed by atoms with Gasteiger partial charge >= 0.3 is 0 Å². The highest BCUT2D eigenvalue weighted by Crippen LogP contribution is 2.39. The van der Waals surface area contributed by atoms with E-state index >= 15 is 0 Å². The lowest BCUT2D eigenvalue weighted by molar-refractivity contribution is -0.437. The third kappa shape index (κ3) is 2.23. The topological polar surface area (TPSA) is 36.9 Å². The van der Waals surface area contributed by atoms with Crippen molar-refractivity contribution >= 4 is 0 Å². The molecule has 4 heteroatoms. The molecule has 0 amide bonds. The molecule has 0 unspecified atom stereocenters. The molecule has 1 heterocycles. The minimum absolute atomic E-state index is 0.586. The SMILES string of the molecule is CO[C@@H]1OO[C@@H](OC)c2ccccc2-c2ccccc21. The molecule has 2 atom stereocenters. The van der Waals surface area contributed by atoms with Gasteiger partial charge in [0.05, 0.1) is 0 Å². The third-order valence-electron chi connectivity index (χ3n) is 3.38. The molecule has 0 N–H and O–H groups in total. The second-order valence-electron chi connectivity index (χ2n) is 4.50. The zero-order valence-corrected chi connectivity index (χ0v) is 11.4. The van der Waals surface area contributed by atoms with Gasteiger partial charge in [0.2, 0.25) is 12.6 Å². The molecule has 0 saturated heterocycles. The lowest BCUT2D eigenvalue weighted by Gasteiger charge is -2.27. The van der Waals surface area contributed by atoms with Crippen molar-refractivity contribution in [2.45, 2.75) is 12.6 Å². The fourth-order valence-electron chi connectivity index (χ4n) is 2.43. The zero-order valence-electron chi connectivity index (χ0n) is 11.4. The van der Waals surface area contributed by atoms with Crippen LogP contribution in [0.15, 0.2) is 48.5 Å². The van der Waals surface area contributed by atoms with E-state index in [4.69, 9.17) is 19.2 Å². The summed E-state index contributed by atoms with van der Waals surface area (Å²) in [5, 5.41) is 0. The first-order valence-corrected chi connectivity index (χ1v) is 6.41. The Morgan fingerprint density at radius 2 is 1.10 bits per heavy atom. The Bertz CT molecular complexity index is 543. The van der Waals surface area contributed by atoms with E-state index in [1.165, 1.54) is 0 Å². The van der Waals surface area contributed by atoms with Gasteiger partial charge < -0.3 is 9.47 Å². The van der Waals surface area contributed by atoms with Crippen LogP contribution in [0, 0.1) is 0 Å². The average molecular weight is 272 g/mol. The van der Waals surface area contributed by atoms with E-state index in [0.29, 0.717) is 0 Å². The lowest BCUT2D eigenvalue weighted by Crippen LogP contribution is -2.17. The van der Waals surface area contributed by atoms with Crippen LogP contribution in [-0.4, -0.2) is 14.2 Å². The van der Waals surface area contributed by atoms with Crippen LogP contribution in [0.5, 0.6) is 0 Å². The molecule has 1 aliphatic rings. The summed E-state index contributed by atoms with van der Waals surface area (Å²) in [5.74, 6) is 0. The molecule has 20 heavy (non-hydrogen) atoms. The maximum Gasteiger partial charge on any atom is 0.217 e. The lowest BCUT2D eigenvalue weighted by atomic mass is 9.94. The molecule has 0 fully saturated rings. The summed E-state index contributed by atoms with van der Waals surface area (Å²) in [4.78, 5) is 10.7. The fourth-order valence-corrected chi connectivity index (χ4v) is 2.43. The summed E-state index contributed by atoms with van der Waals surface area (Å²) in [5.41, 5.74) is 3.97. The van der Waals surface area contributed by atoms with Crippen molar-refractivity contribution in [3.8, 4) is 11.1 Å². The van der Waals surface area contributed by atoms with Crippen LogP contribution in [0.25, 0.3) is 11.1 Å². The molecule has 3 rings (SSSR count). The average Bonchev–Trinajstić information content (AvgIpc) is 2.50. The molecular weight excluding hydrogens is 256 g/mol. The van der Waals surface area contributed by atoms with E-state index in [0.717, 1.165) is 22.3 Å². The van der Waals surface area contributed by atoms with Crippen LogP contribution in [0.1, 0.15) is 23.7 Å². The van der Waals surface area contributed by atoms with Crippen molar-refractivity contribution in [2.75, 3.05) is 14.2 Å². The smallest absolute Gasteiger partial charge is 0.217 e. The molecule has 1 aliphatic heterocycles. The fraction of sp³-hybridized carbons (Fsp3) is 0.250. The standard InChI is InChI=1S/C16H16O4/c1-17-15-13-9-5-3-7-11(13)12-8-4-6-10-14(12)16(18-2)20-19-15/h3-10,15-16H,1-2H3/t15-,16-/m1/s1. The van der Waals surface area contributed by atoms with E-state index in [9.17, 15) is 0 Å². The molecule has 2 aromatic rings. The van der Waals surface area contributed by atoms with E-state index in [2.05, 4.69) is 0 Å². The monoisotopic (exact) mass is 272 g/mol. The highest BCUT2D eigenvalue weighted by Gasteiger charge is 2.26. The van der Waals surface area contributed by atoms with E-state index in [-0.39, 0.29) is 0 Å². The number of hydrogen-bond donors (Lipinski definition) is 0. The molecule has 0 spiro atoms. The summed E-state index contributed by atoms with van der Waals surface area (Å²) >= 11 is 0. The molecule has 0 aliphatic carbocycles. The molecule has 0 radical (unpaired) electrons. The van der Waals surface area contributed by atoms with Gasteiger partial charge in [0, 0.05) is 25.3 Å². The first-order chi connectivity index (χ1) is 9.85. The summed E-state index contributed by atoms with van der Waals surface area (Å²) in [7, 11) is 3.17. The highest BCUT2D eigenvalue weighted by atomic mass is 17.2. The summed E-state index contributed by atoms with van der Waals surface area (Å²) in [6, 6.07) is 15.9. The Morgan fingerprint density at radius 1 is 0.700 bits per heavy atom. The highest BCUT2D eigenvalue weighted by molar-refractivity contribution is 5.71. The molecule has 2 aromatic carbocycles. The van der Waals surface area contributed by atoms with Gasteiger partial charge in [-0.25, -0.2) is 0 Å². The number of rotatable bonds is 2. The number of hydrogen-bond acceptors (Lipinski definition) is 4. The van der Waals surface area contributed by atoms with E-state index < -0.39 is 12.6 Å². The Balaban J connectivity index is 2.22. The van der Waals surface area contributed by atoms with Gasteiger partial charge in [0.1, 0.15) is 0 Å². The van der Waals surface area contributed by atoms with Crippen molar-refractivity contribution in [3.05, 3.63) is 59.7 Å². The first-order valence-electron chi connectivity index (χ1n) is 6.41. The minimum atomic E-state index is -0.586. The normalized spacial score (nSPS) is 21.5. The van der Waals surface area contributed by atoms with Gasteiger partial charge in [-0.1, -0.05) is 48.5 Å². The van der Waals surface area contributed by atoms with Crippen LogP contribution in [0.4, 0.5) is 0 Å². The zero-order chi connectivity index (χ0) is 13.9. The Hall–Kier alpha value is -1.72. The quantitative estimate of drug-likeness (QED) is 0.783. The summed E-state index contributed by atoms with van der Waals surface area (Å²) < 4.78 is 10.7. The second-order valence-corrected chi connectivity index (χ2v) is 4.50. The molecule has 104 valence electrons. The van der Waals surface area contributed by atoms with E-state index in [1.54, 1.807) is 14.2 Å². The molecule has 4 nitrogen and oxygen atoms in total. The maximum atomic E-state index is 5.37. The molecular formula is C16H16O4. The maximum absolute atomic E-state index is 5.37. The van der Waals surface area contributed by atoms with Crippen LogP contribution >= 0.6 is 0 Å². The van der Waals surface area contributed by atoms with Gasteiger partial charge in [-0.05, 0) is 11.1 Å². The van der Waals surface area contributed by atoms with Crippen LogP contribution in [0.2, 0.25) is 0 Å². The van der Waals surface area contributed by atoms with Gasteiger partial charge in [0.25, 0.3) is 0 Å². The van der Waals surface area contributed by atoms with Crippen molar-refractivity contribution in [2.24, 2.45) is 0 Å². The number of methoxy groups -OCH3 is 2. The predicted octanol–water partition coefficient (Wildman–Crippen LogP) is 3.61. The number of ether oxygens (including phenoxy) is 2. The van der Waals surface area contributed by atoms with Crippen molar-refractivity contribution in [1.29, 1.82) is 0 Å². The Labute approximate surface area is 117 Å². The van der Waals surface area contributed by atoms with E-state index in [1.807, 2.05) is 48.5 Å². The van der Waals surface area contributed by atoms with Gasteiger partial charge in [-0.2, -0.15) is 9.78 Å². The largest absolute Gasteiger partial charge is 0.349 e. The van der Waals surface area contributed by atoms with Gasteiger partial charge in [-0.3, -0.25) is 0 Å². The van der Waals surface area contributed by atoms with Crippen molar-refractivity contribution < 1.29 is 19.2 Å². The van der Waals surface area contributed by atoms with Crippen LogP contribution in [0.3, 0.4) is 0 Å². The number of benzene rings is 2. The second kappa shape index (κ2) is 5.73. The molecule has 0 bridgehead atoms. The first kappa shape index (κ1) is 13.3. The van der Waals surface area contributed by atoms with Crippen LogP contribution in [-0.2, 0) is 19.2 Å². The Kier molecular flexibility index (Phi) is 3.80. The van der Waals surface area contributed by atoms with Gasteiger partial charge in [0.15, 0.2) is 0 Å². The van der Waals surface area contributed by atoms with Crippen molar-refractivity contribution in [1.82, 2.24) is 0 Å². The summed E-state index contributed by atoms with van der Waals surface area (Å²) in [6.45, 7) is 0. The molecule has 0 saturated carbocycles. The third-order valence-corrected chi connectivity index (χ3v) is 3.38. The molecule has 0 aromatic heterocycles. The van der Waals surface area contributed by atoms with Crippen molar-refractivity contribution in [3.63, 3.8) is 0 Å². The Morgan fingerprint density at radius 3 is 1.50 bits per heavy atom.